The molecule has 0 aliphatic heterocycles. The van der Waals surface area contributed by atoms with Gasteiger partial charge < -0.3 is 10.4 Å². The highest BCUT2D eigenvalue weighted by molar-refractivity contribution is 5.88. The van der Waals surface area contributed by atoms with E-state index in [0.29, 0.717) is 11.9 Å². The lowest BCUT2D eigenvalue weighted by atomic mass is 10.1. The van der Waals surface area contributed by atoms with Crippen LogP contribution in [0, 0.1) is 0 Å². The van der Waals surface area contributed by atoms with Crippen molar-refractivity contribution < 1.29 is 9.90 Å². The molecule has 80 valence electrons. The summed E-state index contributed by atoms with van der Waals surface area (Å²) in [5.41, 5.74) is 1.65. The number of carbonyl (C=O) groups is 1. The average molecular weight is 214 g/mol. The Morgan fingerprint density at radius 2 is 2.19 bits per heavy atom. The molecule has 0 atom stereocenters. The van der Waals surface area contributed by atoms with Gasteiger partial charge in [-0.3, -0.25) is 9.78 Å². The molecule has 0 aliphatic rings. The van der Waals surface area contributed by atoms with Gasteiger partial charge in [-0.15, -0.1) is 0 Å². The number of rotatable bonds is 3. The van der Waals surface area contributed by atoms with E-state index in [1.807, 2.05) is 6.07 Å². The number of hydrogen-bond acceptors (Lipinski definition) is 3. The second-order valence-corrected chi connectivity index (χ2v) is 3.22. The zero-order valence-electron chi connectivity index (χ0n) is 8.42. The smallest absolute Gasteiger partial charge is 0.211 e. The molecule has 0 fully saturated rings. The largest absolute Gasteiger partial charge is 0.508 e. The van der Waals surface area contributed by atoms with Crippen molar-refractivity contribution >= 4 is 23.4 Å². The summed E-state index contributed by atoms with van der Waals surface area (Å²) in [4.78, 5) is 14.2. The third kappa shape index (κ3) is 2.00. The number of benzene rings is 1. The van der Waals surface area contributed by atoms with Crippen molar-refractivity contribution in [1.82, 2.24) is 10.3 Å². The number of phenolic OH excluding ortho intramolecular Hbond substituents is 1. The van der Waals surface area contributed by atoms with Crippen LogP contribution in [-0.2, 0) is 4.79 Å². The van der Waals surface area contributed by atoms with Crippen LogP contribution in [0.1, 0.15) is 5.56 Å². The molecule has 2 rings (SSSR count). The minimum absolute atomic E-state index is 0.187. The molecule has 4 heteroatoms. The van der Waals surface area contributed by atoms with E-state index in [1.165, 1.54) is 0 Å². The Morgan fingerprint density at radius 1 is 1.31 bits per heavy atom. The first-order valence-corrected chi connectivity index (χ1v) is 4.75. The lowest BCUT2D eigenvalue weighted by Gasteiger charge is -2.01. The van der Waals surface area contributed by atoms with Crippen molar-refractivity contribution in [1.29, 1.82) is 0 Å². The predicted octanol–water partition coefficient (Wildman–Crippen LogP) is 1.66. The van der Waals surface area contributed by atoms with Crippen LogP contribution >= 0.6 is 0 Å². The molecule has 1 amide bonds. The molecule has 2 aromatic rings. The Balaban J connectivity index is 2.49. The third-order valence-corrected chi connectivity index (χ3v) is 2.19. The first-order chi connectivity index (χ1) is 7.81. The molecule has 4 nitrogen and oxygen atoms in total. The number of phenols is 1. The van der Waals surface area contributed by atoms with E-state index in [9.17, 15) is 9.90 Å². The van der Waals surface area contributed by atoms with Crippen molar-refractivity contribution in [2.24, 2.45) is 0 Å². The number of nitrogens with one attached hydrogen (secondary N) is 1. The quantitative estimate of drug-likeness (QED) is 0.764. The molecule has 0 bridgehead atoms. The summed E-state index contributed by atoms with van der Waals surface area (Å²) in [6.07, 6.45) is 5.58. The van der Waals surface area contributed by atoms with Gasteiger partial charge in [0, 0.05) is 23.8 Å². The molecule has 1 aromatic heterocycles. The van der Waals surface area contributed by atoms with Crippen molar-refractivity contribution in [2.45, 2.75) is 0 Å². The summed E-state index contributed by atoms with van der Waals surface area (Å²) in [6.45, 7) is 0. The van der Waals surface area contributed by atoms with Crippen LogP contribution in [0.3, 0.4) is 0 Å². The van der Waals surface area contributed by atoms with Crippen LogP contribution in [0.4, 0.5) is 0 Å². The lowest BCUT2D eigenvalue weighted by Crippen LogP contribution is -1.98. The van der Waals surface area contributed by atoms with Gasteiger partial charge in [-0.1, -0.05) is 0 Å². The third-order valence-electron chi connectivity index (χ3n) is 2.19. The highest BCUT2D eigenvalue weighted by Crippen LogP contribution is 2.21. The van der Waals surface area contributed by atoms with Gasteiger partial charge in [0.25, 0.3) is 0 Å². The monoisotopic (exact) mass is 214 g/mol. The molecule has 1 heterocycles. The molecule has 0 unspecified atom stereocenters. The normalized spacial score (nSPS) is 10.8. The zero-order chi connectivity index (χ0) is 11.4. The average Bonchev–Trinajstić information content (AvgIpc) is 2.29. The van der Waals surface area contributed by atoms with E-state index in [1.54, 1.807) is 36.7 Å². The molecule has 2 N–H and O–H groups in total. The van der Waals surface area contributed by atoms with E-state index in [4.69, 9.17) is 0 Å². The van der Waals surface area contributed by atoms with Gasteiger partial charge in [-0.2, -0.15) is 0 Å². The van der Waals surface area contributed by atoms with Gasteiger partial charge in [0.2, 0.25) is 6.41 Å². The Bertz CT molecular complexity index is 550. The van der Waals surface area contributed by atoms with Crippen molar-refractivity contribution in [3.8, 4) is 5.75 Å². The van der Waals surface area contributed by atoms with Crippen LogP contribution < -0.4 is 5.32 Å². The van der Waals surface area contributed by atoms with Crippen LogP contribution in [-0.4, -0.2) is 16.5 Å². The van der Waals surface area contributed by atoms with Crippen LogP contribution in [0.2, 0.25) is 0 Å². The Hall–Kier alpha value is -2.36. The lowest BCUT2D eigenvalue weighted by molar-refractivity contribution is -0.108. The fraction of sp³-hybridized carbons (Fsp3) is 0. The Labute approximate surface area is 92.2 Å². The van der Waals surface area contributed by atoms with Gasteiger partial charge in [0.1, 0.15) is 5.75 Å². The highest BCUT2D eigenvalue weighted by atomic mass is 16.3. The van der Waals surface area contributed by atoms with Gasteiger partial charge in [0.05, 0.1) is 5.52 Å². The number of nitrogens with zero attached hydrogens (tertiary/aromatic N) is 1. The minimum atomic E-state index is 0.187. The number of fused-ring (bicyclic) bond motifs is 1. The SMILES string of the molecule is O=CNC=Cc1ccnc2cc(O)ccc12. The minimum Gasteiger partial charge on any atom is -0.508 e. The van der Waals surface area contributed by atoms with Gasteiger partial charge in [-0.25, -0.2) is 0 Å². The van der Waals surface area contributed by atoms with Crippen LogP contribution in [0.5, 0.6) is 5.75 Å². The molecule has 0 spiro atoms. The summed E-state index contributed by atoms with van der Waals surface area (Å²) < 4.78 is 0. The summed E-state index contributed by atoms with van der Waals surface area (Å²) in [6, 6.07) is 6.83. The molecule has 0 aliphatic carbocycles. The zero-order valence-corrected chi connectivity index (χ0v) is 8.42. The van der Waals surface area contributed by atoms with Crippen LogP contribution in [0.25, 0.3) is 17.0 Å². The fourth-order valence-corrected chi connectivity index (χ4v) is 1.48. The van der Waals surface area contributed by atoms with E-state index in [-0.39, 0.29) is 5.75 Å². The van der Waals surface area contributed by atoms with Crippen LogP contribution in [0.15, 0.2) is 36.7 Å². The maximum atomic E-state index is 10.1. The van der Waals surface area contributed by atoms with Gasteiger partial charge >= 0.3 is 0 Å². The Kier molecular flexibility index (Phi) is 2.82. The van der Waals surface area contributed by atoms with Crippen molar-refractivity contribution in [3.63, 3.8) is 0 Å². The van der Waals surface area contributed by atoms with Crippen molar-refractivity contribution in [2.75, 3.05) is 0 Å². The molecule has 0 saturated carbocycles. The molecular weight excluding hydrogens is 204 g/mol. The number of carbonyl (C=O) groups excluding carboxylic acids is 1. The summed E-state index contributed by atoms with van der Waals surface area (Å²) in [5, 5.41) is 12.7. The maximum absolute atomic E-state index is 10.1. The molecule has 0 radical (unpaired) electrons. The van der Waals surface area contributed by atoms with Gasteiger partial charge in [0.15, 0.2) is 0 Å². The topological polar surface area (TPSA) is 62.2 Å². The standard InChI is InChI=1S/C12H10N2O2/c15-8-13-5-3-9-4-6-14-12-7-10(16)1-2-11(9)12/h1-8,16H,(H,13,15). The summed E-state index contributed by atoms with van der Waals surface area (Å²) in [5.74, 6) is 0.187. The number of amides is 1. The van der Waals surface area contributed by atoms with Crippen molar-refractivity contribution in [3.05, 3.63) is 42.2 Å². The van der Waals surface area contributed by atoms with Gasteiger partial charge in [-0.05, 0) is 29.8 Å². The van der Waals surface area contributed by atoms with E-state index >= 15 is 0 Å². The fourth-order valence-electron chi connectivity index (χ4n) is 1.48. The highest BCUT2D eigenvalue weighted by Gasteiger charge is 1.99. The first kappa shape index (κ1) is 10.2. The number of aromatic hydroxyl groups is 1. The predicted molar refractivity (Wildman–Crippen MR) is 61.6 cm³/mol. The van der Waals surface area contributed by atoms with E-state index in [2.05, 4.69) is 10.3 Å². The molecule has 1 aromatic carbocycles. The summed E-state index contributed by atoms with van der Waals surface area (Å²) in [7, 11) is 0. The first-order valence-electron chi connectivity index (χ1n) is 4.75. The molecule has 16 heavy (non-hydrogen) atoms. The number of hydrogen-bond donors (Lipinski definition) is 2. The summed E-state index contributed by atoms with van der Waals surface area (Å²) >= 11 is 0. The molecule has 0 saturated heterocycles. The second-order valence-electron chi connectivity index (χ2n) is 3.22. The van der Waals surface area contributed by atoms with E-state index in [0.717, 1.165) is 10.9 Å². The van der Waals surface area contributed by atoms with E-state index < -0.39 is 0 Å². The second kappa shape index (κ2) is 4.44. The molecular formula is C12H10N2O2. The maximum Gasteiger partial charge on any atom is 0.211 e. The Morgan fingerprint density at radius 3 is 3.00 bits per heavy atom. The number of aromatic nitrogens is 1. The number of pyridine rings is 1.